The number of hydrogen-bond donors (Lipinski definition) is 3. The van der Waals surface area contributed by atoms with Crippen molar-refractivity contribution < 1.29 is 4.79 Å². The monoisotopic (exact) mass is 216 g/mol. The normalized spacial score (nSPS) is 10.1. The lowest BCUT2D eigenvalue weighted by molar-refractivity contribution is 0.102. The maximum Gasteiger partial charge on any atom is 0.258 e. The van der Waals surface area contributed by atoms with E-state index < -0.39 is 0 Å². The molecule has 0 unspecified atom stereocenters. The SMILES string of the molecule is Cc1cc(NC(=O)c2ccccc2N)n[nH]1. The van der Waals surface area contributed by atoms with Crippen molar-refractivity contribution in [1.82, 2.24) is 10.2 Å². The number of nitrogens with two attached hydrogens (primary N) is 1. The van der Waals surface area contributed by atoms with Crippen molar-refractivity contribution in [1.29, 1.82) is 0 Å². The van der Waals surface area contributed by atoms with Crippen molar-refractivity contribution in [3.8, 4) is 0 Å². The number of para-hydroxylation sites is 1. The summed E-state index contributed by atoms with van der Waals surface area (Å²) in [4.78, 5) is 11.8. The Bertz CT molecular complexity index is 518. The number of benzene rings is 1. The molecule has 0 saturated carbocycles. The lowest BCUT2D eigenvalue weighted by atomic mass is 10.1. The van der Waals surface area contributed by atoms with Crippen LogP contribution < -0.4 is 11.1 Å². The van der Waals surface area contributed by atoms with E-state index in [1.54, 1.807) is 30.3 Å². The zero-order chi connectivity index (χ0) is 11.5. The van der Waals surface area contributed by atoms with Gasteiger partial charge in [-0.1, -0.05) is 12.1 Å². The lowest BCUT2D eigenvalue weighted by Crippen LogP contribution is -2.14. The molecule has 2 rings (SSSR count). The number of nitrogens with zero attached hydrogens (tertiary/aromatic N) is 1. The van der Waals surface area contributed by atoms with Gasteiger partial charge in [0.1, 0.15) is 0 Å². The van der Waals surface area contributed by atoms with Gasteiger partial charge >= 0.3 is 0 Å². The molecular formula is C11H12N4O. The number of carbonyl (C=O) groups is 1. The number of nitrogen functional groups attached to an aromatic ring is 1. The number of carbonyl (C=O) groups excluding carboxylic acids is 1. The molecular weight excluding hydrogens is 204 g/mol. The van der Waals surface area contributed by atoms with Crippen LogP contribution in [0.25, 0.3) is 0 Å². The van der Waals surface area contributed by atoms with Gasteiger partial charge in [-0.15, -0.1) is 0 Å². The summed E-state index contributed by atoms with van der Waals surface area (Å²) in [5.41, 5.74) is 7.48. The van der Waals surface area contributed by atoms with Crippen LogP contribution in [0.1, 0.15) is 16.1 Å². The first-order valence-corrected chi connectivity index (χ1v) is 4.84. The maximum absolute atomic E-state index is 11.8. The van der Waals surface area contributed by atoms with Gasteiger partial charge in [0.25, 0.3) is 5.91 Å². The number of hydrogen-bond acceptors (Lipinski definition) is 3. The highest BCUT2D eigenvalue weighted by atomic mass is 16.1. The first-order chi connectivity index (χ1) is 7.66. The Balaban J connectivity index is 2.18. The van der Waals surface area contributed by atoms with Crippen molar-refractivity contribution in [2.24, 2.45) is 0 Å². The van der Waals surface area contributed by atoms with Gasteiger partial charge in [-0.3, -0.25) is 9.89 Å². The zero-order valence-electron chi connectivity index (χ0n) is 8.82. The molecule has 1 heterocycles. The minimum Gasteiger partial charge on any atom is -0.398 e. The fraction of sp³-hybridized carbons (Fsp3) is 0.0909. The number of H-pyrrole nitrogens is 1. The van der Waals surface area contributed by atoms with Crippen LogP contribution in [-0.4, -0.2) is 16.1 Å². The average molecular weight is 216 g/mol. The molecule has 16 heavy (non-hydrogen) atoms. The number of aromatic nitrogens is 2. The van der Waals surface area contributed by atoms with Gasteiger partial charge < -0.3 is 11.1 Å². The molecule has 1 amide bonds. The van der Waals surface area contributed by atoms with Crippen molar-refractivity contribution in [2.45, 2.75) is 6.92 Å². The summed E-state index contributed by atoms with van der Waals surface area (Å²) in [6.07, 6.45) is 0. The molecule has 2 aromatic rings. The summed E-state index contributed by atoms with van der Waals surface area (Å²) >= 11 is 0. The summed E-state index contributed by atoms with van der Waals surface area (Å²) in [5.74, 6) is 0.232. The molecule has 1 aromatic heterocycles. The van der Waals surface area contributed by atoms with Crippen LogP contribution in [-0.2, 0) is 0 Å². The van der Waals surface area contributed by atoms with Crippen molar-refractivity contribution in [3.63, 3.8) is 0 Å². The smallest absolute Gasteiger partial charge is 0.258 e. The summed E-state index contributed by atoms with van der Waals surface area (Å²) < 4.78 is 0. The molecule has 5 heteroatoms. The number of nitrogens with one attached hydrogen (secondary N) is 2. The van der Waals surface area contributed by atoms with Crippen LogP contribution in [0.2, 0.25) is 0 Å². The third-order valence-electron chi connectivity index (χ3n) is 2.15. The fourth-order valence-electron chi connectivity index (χ4n) is 1.37. The van der Waals surface area contributed by atoms with Gasteiger partial charge in [0.15, 0.2) is 5.82 Å². The standard InChI is InChI=1S/C11H12N4O/c1-7-6-10(15-14-7)13-11(16)8-4-2-3-5-9(8)12/h2-6H,12H2,1H3,(H2,13,14,15,16). The van der Waals surface area contributed by atoms with E-state index in [0.717, 1.165) is 5.69 Å². The Labute approximate surface area is 92.7 Å². The molecule has 82 valence electrons. The molecule has 0 aliphatic rings. The molecule has 0 bridgehead atoms. The molecule has 5 nitrogen and oxygen atoms in total. The Morgan fingerprint density at radius 3 is 2.81 bits per heavy atom. The number of aromatic amines is 1. The average Bonchev–Trinajstić information content (AvgIpc) is 2.64. The summed E-state index contributed by atoms with van der Waals surface area (Å²) in [7, 11) is 0. The number of rotatable bonds is 2. The van der Waals surface area contributed by atoms with Gasteiger partial charge in [0.2, 0.25) is 0 Å². The highest BCUT2D eigenvalue weighted by Gasteiger charge is 2.10. The highest BCUT2D eigenvalue weighted by Crippen LogP contribution is 2.13. The van der Waals surface area contributed by atoms with E-state index in [9.17, 15) is 4.79 Å². The van der Waals surface area contributed by atoms with Gasteiger partial charge in [-0.05, 0) is 19.1 Å². The van der Waals surface area contributed by atoms with E-state index >= 15 is 0 Å². The van der Waals surface area contributed by atoms with E-state index in [1.165, 1.54) is 0 Å². The van der Waals surface area contributed by atoms with Crippen LogP contribution in [0.4, 0.5) is 11.5 Å². The molecule has 0 aliphatic heterocycles. The zero-order valence-corrected chi connectivity index (χ0v) is 8.82. The summed E-state index contributed by atoms with van der Waals surface area (Å²) in [5, 5.41) is 9.32. The van der Waals surface area contributed by atoms with E-state index in [4.69, 9.17) is 5.73 Å². The fourth-order valence-corrected chi connectivity index (χ4v) is 1.37. The lowest BCUT2D eigenvalue weighted by Gasteiger charge is -2.04. The molecule has 4 N–H and O–H groups in total. The van der Waals surface area contributed by atoms with Crippen LogP contribution in [0.5, 0.6) is 0 Å². The van der Waals surface area contributed by atoms with Crippen LogP contribution in [0.3, 0.4) is 0 Å². The molecule has 0 spiro atoms. The quantitative estimate of drug-likeness (QED) is 0.666. The summed E-state index contributed by atoms with van der Waals surface area (Å²) in [6.45, 7) is 1.86. The molecule has 0 atom stereocenters. The number of aryl methyl sites for hydroxylation is 1. The molecule has 0 radical (unpaired) electrons. The first kappa shape index (κ1) is 10.2. The second-order valence-corrected chi connectivity index (χ2v) is 3.48. The van der Waals surface area contributed by atoms with Gasteiger partial charge in [0, 0.05) is 17.4 Å². The molecule has 0 fully saturated rings. The van der Waals surface area contributed by atoms with E-state index in [0.29, 0.717) is 17.1 Å². The predicted molar refractivity (Wildman–Crippen MR) is 62.1 cm³/mol. The van der Waals surface area contributed by atoms with E-state index in [1.807, 2.05) is 6.92 Å². The largest absolute Gasteiger partial charge is 0.398 e. The van der Waals surface area contributed by atoms with E-state index in [-0.39, 0.29) is 5.91 Å². The Hall–Kier alpha value is -2.30. The third kappa shape index (κ3) is 2.03. The third-order valence-corrected chi connectivity index (χ3v) is 2.15. The summed E-state index contributed by atoms with van der Waals surface area (Å²) in [6, 6.07) is 8.65. The van der Waals surface area contributed by atoms with E-state index in [2.05, 4.69) is 15.5 Å². The van der Waals surface area contributed by atoms with Gasteiger partial charge in [0.05, 0.1) is 5.56 Å². The maximum atomic E-state index is 11.8. The predicted octanol–water partition coefficient (Wildman–Crippen LogP) is 1.55. The first-order valence-electron chi connectivity index (χ1n) is 4.84. The second kappa shape index (κ2) is 4.06. The number of anilines is 2. The second-order valence-electron chi connectivity index (χ2n) is 3.48. The number of amides is 1. The minimum atomic E-state index is -0.260. The molecule has 0 aliphatic carbocycles. The van der Waals surface area contributed by atoms with Crippen molar-refractivity contribution in [3.05, 3.63) is 41.6 Å². The molecule has 0 saturated heterocycles. The Morgan fingerprint density at radius 2 is 2.19 bits per heavy atom. The Morgan fingerprint density at radius 1 is 1.44 bits per heavy atom. The minimum absolute atomic E-state index is 0.260. The van der Waals surface area contributed by atoms with Crippen LogP contribution in [0, 0.1) is 6.92 Å². The Kier molecular flexibility index (Phi) is 2.59. The van der Waals surface area contributed by atoms with Crippen LogP contribution in [0.15, 0.2) is 30.3 Å². The van der Waals surface area contributed by atoms with Crippen molar-refractivity contribution in [2.75, 3.05) is 11.1 Å². The van der Waals surface area contributed by atoms with Gasteiger partial charge in [-0.2, -0.15) is 5.10 Å². The van der Waals surface area contributed by atoms with Crippen LogP contribution >= 0.6 is 0 Å². The van der Waals surface area contributed by atoms with Gasteiger partial charge in [-0.25, -0.2) is 0 Å². The highest BCUT2D eigenvalue weighted by molar-refractivity contribution is 6.07. The molecule has 1 aromatic carbocycles. The van der Waals surface area contributed by atoms with Crippen molar-refractivity contribution >= 4 is 17.4 Å². The topological polar surface area (TPSA) is 83.8 Å².